The molecule has 1 aliphatic carbocycles. The number of allylic oxidation sites excluding steroid dienone is 2. The van der Waals surface area contributed by atoms with Crippen molar-refractivity contribution in [2.75, 3.05) is 0 Å². The first kappa shape index (κ1) is 11.1. The topological polar surface area (TPSA) is 34.1 Å². The Morgan fingerprint density at radius 2 is 1.83 bits per heavy atom. The van der Waals surface area contributed by atoms with Gasteiger partial charge in [-0.05, 0) is 18.6 Å². The molecule has 0 amide bonds. The number of rotatable bonds is 0. The highest BCUT2D eigenvalue weighted by Gasteiger charge is 2.34. The molecular weight excluding hydrogens is 151 g/mol. The summed E-state index contributed by atoms with van der Waals surface area (Å²) in [6, 6.07) is 0. The second-order valence-electron chi connectivity index (χ2n) is 3.68. The fourth-order valence-corrected chi connectivity index (χ4v) is 1.41. The summed E-state index contributed by atoms with van der Waals surface area (Å²) in [5.74, 6) is 0.157. The van der Waals surface area contributed by atoms with E-state index < -0.39 is 5.41 Å². The first-order valence-electron chi connectivity index (χ1n) is 3.69. The smallest absolute Gasteiger partial charge is 0.164 e. The summed E-state index contributed by atoms with van der Waals surface area (Å²) < 4.78 is 0. The Hall–Kier alpha value is -0.855. The predicted molar refractivity (Wildman–Crippen MR) is 47.9 cm³/mol. The fourth-order valence-electron chi connectivity index (χ4n) is 1.41. The minimum Gasteiger partial charge on any atom is -0.295 e. The van der Waals surface area contributed by atoms with Crippen molar-refractivity contribution >= 4 is 20.0 Å². The Morgan fingerprint density at radius 3 is 2.25 bits per heavy atom. The molecule has 0 aromatic rings. The fraction of sp³-hybridized carbons (Fsp3) is 0.556. The van der Waals surface area contributed by atoms with E-state index in [0.29, 0.717) is 12.0 Å². The highest BCUT2D eigenvalue weighted by atomic mass is 16.1. The number of Topliss-reactive ketones (excluding diaryl/α,β-unsaturated/α-hetero) is 1. The Bertz CT molecular complexity index is 251. The normalized spacial score (nSPS) is 21.4. The zero-order valence-electron chi connectivity index (χ0n) is 7.68. The van der Waals surface area contributed by atoms with Gasteiger partial charge in [0, 0.05) is 20.2 Å². The second kappa shape index (κ2) is 3.25. The van der Waals surface area contributed by atoms with Crippen molar-refractivity contribution < 1.29 is 9.59 Å². The van der Waals surface area contributed by atoms with E-state index in [0.717, 1.165) is 0 Å². The van der Waals surface area contributed by atoms with Crippen LogP contribution in [0.5, 0.6) is 0 Å². The summed E-state index contributed by atoms with van der Waals surface area (Å²) in [5, 5.41) is 0. The van der Waals surface area contributed by atoms with Gasteiger partial charge in [0.2, 0.25) is 0 Å². The van der Waals surface area contributed by atoms with Crippen LogP contribution in [-0.2, 0) is 9.59 Å². The number of ketones is 2. The van der Waals surface area contributed by atoms with Crippen LogP contribution in [0.25, 0.3) is 0 Å². The van der Waals surface area contributed by atoms with Crippen LogP contribution in [-0.4, -0.2) is 20.0 Å². The molecule has 0 unspecified atom stereocenters. The number of hydrogen-bond donors (Lipinski definition) is 0. The average molecular weight is 163 g/mol. The predicted octanol–water partition coefficient (Wildman–Crippen LogP) is 1.12. The molecule has 1 rings (SSSR count). The molecule has 1 aliphatic rings. The van der Waals surface area contributed by atoms with Crippen molar-refractivity contribution in [2.45, 2.75) is 27.2 Å². The van der Waals surface area contributed by atoms with E-state index in [4.69, 9.17) is 0 Å². The largest absolute Gasteiger partial charge is 0.295 e. The van der Waals surface area contributed by atoms with Crippen LogP contribution in [0.4, 0.5) is 0 Å². The van der Waals surface area contributed by atoms with Gasteiger partial charge in [0.25, 0.3) is 0 Å². The summed E-state index contributed by atoms with van der Waals surface area (Å²) in [6.45, 7) is 5.31. The van der Waals surface area contributed by atoms with Crippen LogP contribution in [0.1, 0.15) is 27.2 Å². The van der Waals surface area contributed by atoms with E-state index in [2.05, 4.69) is 0 Å². The number of carbonyl (C=O) groups is 2. The van der Waals surface area contributed by atoms with Crippen molar-refractivity contribution in [2.24, 2.45) is 5.41 Å². The molecule has 63 valence electrons. The van der Waals surface area contributed by atoms with Gasteiger partial charge < -0.3 is 0 Å². The Balaban J connectivity index is 0.00000121. The minimum atomic E-state index is -0.476. The van der Waals surface area contributed by atoms with E-state index in [-0.39, 0.29) is 20.0 Å². The molecule has 0 bridgehead atoms. The van der Waals surface area contributed by atoms with Crippen LogP contribution in [0.3, 0.4) is 0 Å². The van der Waals surface area contributed by atoms with Gasteiger partial charge in [-0.25, -0.2) is 0 Å². The molecule has 0 N–H and O–H groups in total. The molecule has 0 saturated heterocycles. The lowest BCUT2D eigenvalue weighted by atomic mass is 9.76. The highest BCUT2D eigenvalue weighted by Crippen LogP contribution is 2.29. The van der Waals surface area contributed by atoms with Crippen molar-refractivity contribution in [1.82, 2.24) is 0 Å². The summed E-state index contributed by atoms with van der Waals surface area (Å²) in [4.78, 5) is 22.4. The summed E-state index contributed by atoms with van der Waals surface area (Å²) >= 11 is 0. The maximum atomic E-state index is 11.4. The number of hydrogen-bond acceptors (Lipinski definition) is 2. The third kappa shape index (κ3) is 1.84. The second-order valence-corrected chi connectivity index (χ2v) is 3.68. The van der Waals surface area contributed by atoms with E-state index >= 15 is 0 Å². The molecule has 0 aromatic heterocycles. The molecule has 12 heavy (non-hydrogen) atoms. The molecule has 0 heterocycles. The molecule has 2 nitrogen and oxygen atoms in total. The maximum Gasteiger partial charge on any atom is 0.164 e. The summed E-state index contributed by atoms with van der Waals surface area (Å²) in [6.07, 6.45) is 1.79. The first-order valence-corrected chi connectivity index (χ1v) is 3.69. The molecule has 0 atom stereocenters. The quantitative estimate of drug-likeness (QED) is 0.501. The van der Waals surface area contributed by atoms with Gasteiger partial charge in [0.15, 0.2) is 11.6 Å². The van der Waals surface area contributed by atoms with Gasteiger partial charge in [-0.2, -0.15) is 0 Å². The van der Waals surface area contributed by atoms with Gasteiger partial charge >= 0.3 is 0 Å². The third-order valence-electron chi connectivity index (χ3n) is 1.97. The third-order valence-corrected chi connectivity index (χ3v) is 1.97. The zero-order valence-corrected chi connectivity index (χ0v) is 7.68. The van der Waals surface area contributed by atoms with E-state index in [9.17, 15) is 9.59 Å². The van der Waals surface area contributed by atoms with Gasteiger partial charge in [0.05, 0.1) is 0 Å². The van der Waals surface area contributed by atoms with Crippen LogP contribution < -0.4 is 0 Å². The van der Waals surface area contributed by atoms with E-state index in [1.54, 1.807) is 6.92 Å². The average Bonchev–Trinajstić information content (AvgIpc) is 1.81. The molecule has 0 saturated carbocycles. The van der Waals surface area contributed by atoms with E-state index in [1.165, 1.54) is 6.08 Å². The van der Waals surface area contributed by atoms with Crippen molar-refractivity contribution in [3.63, 3.8) is 0 Å². The Kier molecular flexibility index (Phi) is 3.02. The maximum absolute atomic E-state index is 11.4. The Morgan fingerprint density at radius 1 is 1.33 bits per heavy atom. The highest BCUT2D eigenvalue weighted by molar-refractivity contribution is 6.10. The van der Waals surface area contributed by atoms with E-state index in [1.807, 2.05) is 13.8 Å². The summed E-state index contributed by atoms with van der Waals surface area (Å²) in [7, 11) is 0. The molecule has 3 radical (unpaired) electrons. The number of carbonyl (C=O) groups excluding carboxylic acids is 2. The van der Waals surface area contributed by atoms with Gasteiger partial charge in [0.1, 0.15) is 0 Å². The van der Waals surface area contributed by atoms with Crippen LogP contribution in [0.2, 0.25) is 0 Å². The lowest BCUT2D eigenvalue weighted by molar-refractivity contribution is -0.129. The van der Waals surface area contributed by atoms with Crippen LogP contribution in [0.15, 0.2) is 11.6 Å². The molecular formula is C9H12BO2. The zero-order chi connectivity index (χ0) is 8.65. The molecule has 0 aromatic carbocycles. The monoisotopic (exact) mass is 163 g/mol. The molecule has 0 aliphatic heterocycles. The minimum absolute atomic E-state index is 0. The van der Waals surface area contributed by atoms with Crippen molar-refractivity contribution in [1.29, 1.82) is 0 Å². The molecule has 3 heteroatoms. The van der Waals surface area contributed by atoms with Gasteiger partial charge in [-0.1, -0.05) is 13.8 Å². The standard InChI is InChI=1S/C9H12O2.B/c1-6-4-7(10)5-9(2,3)8(6)11;/h4H,5H2,1-3H3;. The van der Waals surface area contributed by atoms with Crippen LogP contribution in [0, 0.1) is 5.41 Å². The molecule has 0 fully saturated rings. The van der Waals surface area contributed by atoms with Crippen molar-refractivity contribution in [3.8, 4) is 0 Å². The SMILES string of the molecule is CC1=CC(=O)CC(C)(C)C1=O.[B]. The van der Waals surface area contributed by atoms with Gasteiger partial charge in [-0.15, -0.1) is 0 Å². The summed E-state index contributed by atoms with van der Waals surface area (Å²) in [5.41, 5.74) is 0.113. The molecule has 0 spiro atoms. The van der Waals surface area contributed by atoms with Crippen LogP contribution >= 0.6 is 0 Å². The lowest BCUT2D eigenvalue weighted by Gasteiger charge is -2.25. The first-order chi connectivity index (χ1) is 4.93. The van der Waals surface area contributed by atoms with Crippen molar-refractivity contribution in [3.05, 3.63) is 11.6 Å². The lowest BCUT2D eigenvalue weighted by Crippen LogP contribution is -2.31. The van der Waals surface area contributed by atoms with Gasteiger partial charge in [-0.3, -0.25) is 9.59 Å². The Labute approximate surface area is 74.6 Å².